The van der Waals surface area contributed by atoms with Crippen LogP contribution in [-0.2, 0) is 43.5 Å². The van der Waals surface area contributed by atoms with Gasteiger partial charge in [0.15, 0.2) is 18.3 Å². The van der Waals surface area contributed by atoms with Gasteiger partial charge in [0.1, 0.15) is 0 Å². The van der Waals surface area contributed by atoms with Gasteiger partial charge in [0.2, 0.25) is 0 Å². The van der Waals surface area contributed by atoms with Crippen molar-refractivity contribution in [3.8, 4) is 0 Å². The highest BCUT2D eigenvalue weighted by Crippen LogP contribution is 2.43. The first-order valence-electron chi connectivity index (χ1n) is 11.7. The molecule has 4 atom stereocenters. The molecule has 0 unspecified atom stereocenters. The molecule has 0 saturated carbocycles. The van der Waals surface area contributed by atoms with Crippen LogP contribution in [0.4, 0.5) is 8.78 Å². The van der Waals surface area contributed by atoms with Crippen molar-refractivity contribution in [2.75, 3.05) is 13.7 Å². The predicted octanol–water partition coefficient (Wildman–Crippen LogP) is 4.70. The molecule has 6 nitrogen and oxygen atoms in total. The van der Waals surface area contributed by atoms with Gasteiger partial charge in [0, 0.05) is 7.11 Å². The van der Waals surface area contributed by atoms with Crippen molar-refractivity contribution in [3.05, 3.63) is 108 Å². The van der Waals surface area contributed by atoms with Crippen LogP contribution in [0.25, 0.3) is 0 Å². The largest absolute Gasteiger partial charge is 0.374 e. The average Bonchev–Trinajstić information content (AvgIpc) is 2.91. The number of methoxy groups -OCH3 is 1. The molecule has 0 spiro atoms. The minimum Gasteiger partial charge on any atom is -0.374 e. The van der Waals surface area contributed by atoms with E-state index in [-0.39, 0.29) is 19.8 Å². The standard InChI is InChI=1S/C28H30F2O6/c1-32-28(31)26(35-19-23-15-9-4-10-16-23)25(34-18-22-13-7-3-8-14-22)27(29,30)24(36-28)20-33-17-21-11-5-2-6-12-21/h2-16,24-26,31H,17-20H2,1H3/t24-,25-,26-,28+/m1/s1. The van der Waals surface area contributed by atoms with Crippen LogP contribution in [0.1, 0.15) is 16.7 Å². The number of hydrogen-bond acceptors (Lipinski definition) is 6. The van der Waals surface area contributed by atoms with Gasteiger partial charge < -0.3 is 28.8 Å². The third-order valence-electron chi connectivity index (χ3n) is 5.97. The molecule has 0 aliphatic carbocycles. The summed E-state index contributed by atoms with van der Waals surface area (Å²) < 4.78 is 59.3. The quantitative estimate of drug-likeness (QED) is 0.385. The second kappa shape index (κ2) is 12.0. The maximum absolute atomic E-state index is 15.8. The van der Waals surface area contributed by atoms with Crippen molar-refractivity contribution in [2.24, 2.45) is 0 Å². The fraction of sp³-hybridized carbons (Fsp3) is 0.357. The number of halogens is 2. The summed E-state index contributed by atoms with van der Waals surface area (Å²) in [6.07, 6.45) is -5.37. The van der Waals surface area contributed by atoms with Crippen LogP contribution in [0.2, 0.25) is 0 Å². The molecule has 3 aromatic carbocycles. The maximum atomic E-state index is 15.8. The van der Waals surface area contributed by atoms with E-state index in [4.69, 9.17) is 23.7 Å². The molecule has 192 valence electrons. The molecule has 1 saturated heterocycles. The zero-order valence-corrected chi connectivity index (χ0v) is 20.0. The van der Waals surface area contributed by atoms with E-state index >= 15 is 8.78 Å². The van der Waals surface area contributed by atoms with Gasteiger partial charge in [0.05, 0.1) is 26.4 Å². The molecule has 3 aromatic rings. The van der Waals surface area contributed by atoms with E-state index in [1.807, 2.05) is 42.5 Å². The molecule has 1 aliphatic heterocycles. The van der Waals surface area contributed by atoms with Crippen LogP contribution in [-0.4, -0.2) is 49.0 Å². The van der Waals surface area contributed by atoms with E-state index in [1.165, 1.54) is 7.11 Å². The Kier molecular flexibility index (Phi) is 8.79. The highest BCUT2D eigenvalue weighted by Gasteiger charge is 2.66. The molecule has 1 fully saturated rings. The van der Waals surface area contributed by atoms with Crippen molar-refractivity contribution >= 4 is 0 Å². The van der Waals surface area contributed by atoms with Gasteiger partial charge in [-0.05, 0) is 16.7 Å². The molecule has 36 heavy (non-hydrogen) atoms. The van der Waals surface area contributed by atoms with E-state index < -0.39 is 36.8 Å². The van der Waals surface area contributed by atoms with Crippen LogP contribution in [0, 0.1) is 0 Å². The first-order valence-corrected chi connectivity index (χ1v) is 11.7. The summed E-state index contributed by atoms with van der Waals surface area (Å²) in [6.45, 7) is -0.573. The molecule has 0 bridgehead atoms. The van der Waals surface area contributed by atoms with Crippen LogP contribution in [0.15, 0.2) is 91.0 Å². The lowest BCUT2D eigenvalue weighted by Crippen LogP contribution is -2.70. The number of hydrogen-bond donors (Lipinski definition) is 1. The predicted molar refractivity (Wildman–Crippen MR) is 128 cm³/mol. The Bertz CT molecular complexity index is 1050. The highest BCUT2D eigenvalue weighted by atomic mass is 19.3. The monoisotopic (exact) mass is 500 g/mol. The Balaban J connectivity index is 1.55. The van der Waals surface area contributed by atoms with Crippen molar-refractivity contribution in [1.82, 2.24) is 0 Å². The van der Waals surface area contributed by atoms with Gasteiger partial charge in [-0.25, -0.2) is 8.78 Å². The minimum atomic E-state index is -3.57. The smallest absolute Gasteiger partial charge is 0.311 e. The molecule has 1 heterocycles. The van der Waals surface area contributed by atoms with Crippen molar-refractivity contribution in [3.63, 3.8) is 0 Å². The topological polar surface area (TPSA) is 66.4 Å². The summed E-state index contributed by atoms with van der Waals surface area (Å²) in [5, 5.41) is 11.2. The van der Waals surface area contributed by atoms with Gasteiger partial charge >= 0.3 is 11.9 Å². The van der Waals surface area contributed by atoms with Gasteiger partial charge in [-0.3, -0.25) is 0 Å². The number of aliphatic hydroxyl groups is 1. The van der Waals surface area contributed by atoms with Gasteiger partial charge in [-0.1, -0.05) is 91.0 Å². The number of rotatable bonds is 11. The summed E-state index contributed by atoms with van der Waals surface area (Å²) in [5.41, 5.74) is 2.24. The molecule has 1 N–H and O–H groups in total. The molecule has 1 aliphatic rings. The fourth-order valence-corrected chi connectivity index (χ4v) is 4.00. The van der Waals surface area contributed by atoms with Crippen LogP contribution < -0.4 is 0 Å². The van der Waals surface area contributed by atoms with Gasteiger partial charge in [0.25, 0.3) is 0 Å². The highest BCUT2D eigenvalue weighted by molar-refractivity contribution is 5.15. The van der Waals surface area contributed by atoms with Crippen molar-refractivity contribution in [2.45, 2.75) is 50.0 Å². The fourth-order valence-electron chi connectivity index (χ4n) is 4.00. The molecule has 0 radical (unpaired) electrons. The summed E-state index contributed by atoms with van der Waals surface area (Å²) in [6, 6.07) is 27.1. The van der Waals surface area contributed by atoms with E-state index in [9.17, 15) is 5.11 Å². The molecule has 0 aromatic heterocycles. The minimum absolute atomic E-state index is 0.0585. The summed E-state index contributed by atoms with van der Waals surface area (Å²) in [7, 11) is 1.17. The normalized spacial score (nSPS) is 25.5. The van der Waals surface area contributed by atoms with E-state index in [2.05, 4.69) is 0 Å². The first kappa shape index (κ1) is 26.3. The lowest BCUT2D eigenvalue weighted by molar-refractivity contribution is -0.472. The Morgan fingerprint density at radius 1 is 0.722 bits per heavy atom. The SMILES string of the molecule is CO[C@]1(O)O[C@H](COCc2ccccc2)C(F)(F)[C@H](OCc2ccccc2)[C@H]1OCc1ccccc1. The lowest BCUT2D eigenvalue weighted by Gasteiger charge is -2.48. The number of benzene rings is 3. The third kappa shape index (κ3) is 6.34. The van der Waals surface area contributed by atoms with E-state index in [0.29, 0.717) is 5.56 Å². The maximum Gasteiger partial charge on any atom is 0.311 e. The van der Waals surface area contributed by atoms with Gasteiger partial charge in [-0.2, -0.15) is 0 Å². The summed E-state index contributed by atoms with van der Waals surface area (Å²) >= 11 is 0. The Morgan fingerprint density at radius 2 is 1.17 bits per heavy atom. The summed E-state index contributed by atoms with van der Waals surface area (Å²) in [4.78, 5) is 0. The second-order valence-corrected chi connectivity index (χ2v) is 8.55. The lowest BCUT2D eigenvalue weighted by atomic mass is 9.95. The zero-order valence-electron chi connectivity index (χ0n) is 20.0. The van der Waals surface area contributed by atoms with Crippen molar-refractivity contribution < 1.29 is 37.6 Å². The molecule has 8 heteroatoms. The van der Waals surface area contributed by atoms with E-state index in [0.717, 1.165) is 11.1 Å². The number of ether oxygens (including phenoxy) is 5. The Hall–Kier alpha value is -2.72. The Labute approximate surface area is 209 Å². The van der Waals surface area contributed by atoms with Crippen molar-refractivity contribution in [1.29, 1.82) is 0 Å². The first-order chi connectivity index (χ1) is 17.4. The van der Waals surface area contributed by atoms with Gasteiger partial charge in [-0.15, -0.1) is 0 Å². The molecule has 0 amide bonds. The van der Waals surface area contributed by atoms with Crippen LogP contribution in [0.5, 0.6) is 0 Å². The number of alkyl halides is 2. The third-order valence-corrected chi connectivity index (χ3v) is 5.97. The zero-order chi connectivity index (χ0) is 25.4. The molecular weight excluding hydrogens is 470 g/mol. The Morgan fingerprint density at radius 3 is 1.64 bits per heavy atom. The van der Waals surface area contributed by atoms with Crippen LogP contribution >= 0.6 is 0 Å². The van der Waals surface area contributed by atoms with Crippen LogP contribution in [0.3, 0.4) is 0 Å². The average molecular weight is 501 g/mol. The second-order valence-electron chi connectivity index (χ2n) is 8.55. The van der Waals surface area contributed by atoms with E-state index in [1.54, 1.807) is 48.5 Å². The summed E-state index contributed by atoms with van der Waals surface area (Å²) in [5.74, 6) is -6.06. The molecule has 4 rings (SSSR count). The molecular formula is C28H30F2O6.